The van der Waals surface area contributed by atoms with E-state index in [1.54, 1.807) is 12.1 Å². The Balaban J connectivity index is 1.34. The quantitative estimate of drug-likeness (QED) is 0.230. The molecule has 4 rings (SSSR count). The molecule has 2 unspecified atom stereocenters. The maximum atomic E-state index is 13.0. The van der Waals surface area contributed by atoms with Gasteiger partial charge < -0.3 is 14.8 Å². The first-order valence-electron chi connectivity index (χ1n) is 12.3. The predicted molar refractivity (Wildman–Crippen MR) is 142 cm³/mol. The lowest BCUT2D eigenvalue weighted by Crippen LogP contribution is -2.40. The topological polar surface area (TPSA) is 126 Å². The Hall–Kier alpha value is -3.69. The lowest BCUT2D eigenvalue weighted by Gasteiger charge is -2.16. The Morgan fingerprint density at radius 1 is 0.919 bits per heavy atom. The van der Waals surface area contributed by atoms with Gasteiger partial charge in [-0.3, -0.25) is 9.59 Å². The largest absolute Gasteiger partial charge is 0.480 e. The molecule has 1 amide bonds. The van der Waals surface area contributed by atoms with Gasteiger partial charge in [-0.05, 0) is 55.5 Å². The van der Waals surface area contributed by atoms with E-state index in [0.717, 1.165) is 10.9 Å². The number of carbonyl (C=O) groups is 2. The number of sulfonamides is 1. The summed E-state index contributed by atoms with van der Waals surface area (Å²) in [6.45, 7) is 2.33. The van der Waals surface area contributed by atoms with E-state index in [-0.39, 0.29) is 23.1 Å². The molecule has 3 aromatic carbocycles. The molecule has 2 atom stereocenters. The zero-order chi connectivity index (χ0) is 26.4. The summed E-state index contributed by atoms with van der Waals surface area (Å²) >= 11 is 0. The predicted octanol–water partition coefficient (Wildman–Crippen LogP) is 4.80. The van der Waals surface area contributed by atoms with Gasteiger partial charge in [0.05, 0.1) is 10.8 Å². The Labute approximate surface area is 215 Å². The highest BCUT2D eigenvalue weighted by Gasteiger charge is 2.26. The third-order valence-electron chi connectivity index (χ3n) is 6.40. The Bertz CT molecular complexity index is 1500. The Morgan fingerprint density at radius 2 is 1.62 bits per heavy atom. The van der Waals surface area contributed by atoms with Crippen LogP contribution < -0.4 is 10.0 Å². The standard InChI is InChI=1S/C28H30N2O6S/c1-2-21(19-10-4-3-5-11-19)27(31)29-17-9-8-13-24(28(32)33)30-37(34,35)20-15-16-26-23(18-20)22-12-6-7-14-25(22)36-26/h3-7,10-12,14-16,18,21,24,30H,2,8-9,13,17H2,1H3,(H,29,31)(H,32,33). The molecule has 3 N–H and O–H groups in total. The van der Waals surface area contributed by atoms with Crippen LogP contribution in [0.1, 0.15) is 44.1 Å². The monoisotopic (exact) mass is 522 g/mol. The van der Waals surface area contributed by atoms with E-state index in [1.165, 1.54) is 12.1 Å². The van der Waals surface area contributed by atoms with Crippen LogP contribution in [-0.4, -0.2) is 38.0 Å². The molecule has 194 valence electrons. The fourth-order valence-electron chi connectivity index (χ4n) is 4.43. The number of fused-ring (bicyclic) bond motifs is 3. The first-order chi connectivity index (χ1) is 17.8. The van der Waals surface area contributed by atoms with Gasteiger partial charge in [0.25, 0.3) is 0 Å². The summed E-state index contributed by atoms with van der Waals surface area (Å²) in [5, 5.41) is 14.0. The molecule has 37 heavy (non-hydrogen) atoms. The van der Waals surface area contributed by atoms with Crippen molar-refractivity contribution >= 4 is 43.8 Å². The van der Waals surface area contributed by atoms with E-state index in [4.69, 9.17) is 4.42 Å². The summed E-state index contributed by atoms with van der Waals surface area (Å²) in [6, 6.07) is 20.0. The molecular formula is C28H30N2O6S. The second kappa shape index (κ2) is 11.6. The molecule has 0 spiro atoms. The minimum absolute atomic E-state index is 0.0309. The normalized spacial score (nSPS) is 13.4. The zero-order valence-electron chi connectivity index (χ0n) is 20.5. The van der Waals surface area contributed by atoms with Crippen molar-refractivity contribution in [3.8, 4) is 0 Å². The lowest BCUT2D eigenvalue weighted by atomic mass is 9.95. The second-order valence-corrected chi connectivity index (χ2v) is 10.6. The number of benzene rings is 3. The van der Waals surface area contributed by atoms with Crippen molar-refractivity contribution in [3.63, 3.8) is 0 Å². The summed E-state index contributed by atoms with van der Waals surface area (Å²) in [4.78, 5) is 24.3. The number of rotatable bonds is 12. The maximum absolute atomic E-state index is 13.0. The summed E-state index contributed by atoms with van der Waals surface area (Å²) < 4.78 is 34.1. The number of para-hydroxylation sites is 1. The molecule has 9 heteroatoms. The number of hydrogen-bond acceptors (Lipinski definition) is 5. The Kier molecular flexibility index (Phi) is 8.25. The molecule has 0 bridgehead atoms. The number of amides is 1. The van der Waals surface area contributed by atoms with Gasteiger partial charge in [-0.1, -0.05) is 55.5 Å². The minimum atomic E-state index is -4.09. The van der Waals surface area contributed by atoms with Crippen LogP contribution in [-0.2, 0) is 19.6 Å². The molecule has 8 nitrogen and oxygen atoms in total. The van der Waals surface area contributed by atoms with Gasteiger partial charge in [0.2, 0.25) is 15.9 Å². The number of nitrogens with one attached hydrogen (secondary N) is 2. The summed E-state index contributed by atoms with van der Waals surface area (Å²) in [5.74, 6) is -1.58. The van der Waals surface area contributed by atoms with Crippen molar-refractivity contribution in [3.05, 3.63) is 78.4 Å². The van der Waals surface area contributed by atoms with Crippen molar-refractivity contribution in [2.45, 2.75) is 49.5 Å². The number of unbranched alkanes of at least 4 members (excludes halogenated alkanes) is 1. The number of aliphatic carboxylic acids is 1. The van der Waals surface area contributed by atoms with Gasteiger partial charge in [-0.25, -0.2) is 8.42 Å². The van der Waals surface area contributed by atoms with Gasteiger partial charge in [0.1, 0.15) is 17.2 Å². The summed E-state index contributed by atoms with van der Waals surface area (Å²) in [5.41, 5.74) is 2.14. The number of carboxylic acid groups (broad SMARTS) is 1. The van der Waals surface area contributed by atoms with Crippen LogP contribution in [0.5, 0.6) is 0 Å². The minimum Gasteiger partial charge on any atom is -0.480 e. The SMILES string of the molecule is CCC(C(=O)NCCCCC(NS(=O)(=O)c1ccc2oc3ccccc3c2c1)C(=O)O)c1ccccc1. The highest BCUT2D eigenvalue weighted by Crippen LogP contribution is 2.30. The van der Waals surface area contributed by atoms with Gasteiger partial charge in [-0.15, -0.1) is 0 Å². The van der Waals surface area contributed by atoms with Crippen LogP contribution in [0.25, 0.3) is 21.9 Å². The van der Waals surface area contributed by atoms with Crippen molar-refractivity contribution < 1.29 is 27.5 Å². The molecular weight excluding hydrogens is 492 g/mol. The molecule has 0 fully saturated rings. The van der Waals surface area contributed by atoms with Crippen LogP contribution in [0, 0.1) is 0 Å². The van der Waals surface area contributed by atoms with Crippen molar-refractivity contribution in [2.24, 2.45) is 0 Å². The van der Waals surface area contributed by atoms with Crippen LogP contribution in [0.3, 0.4) is 0 Å². The van der Waals surface area contributed by atoms with Gasteiger partial charge >= 0.3 is 5.97 Å². The number of carbonyl (C=O) groups excluding carboxylic acids is 1. The van der Waals surface area contributed by atoms with E-state index >= 15 is 0 Å². The van der Waals surface area contributed by atoms with E-state index < -0.39 is 22.0 Å². The molecule has 0 aliphatic carbocycles. The number of carboxylic acids is 1. The third-order valence-corrected chi connectivity index (χ3v) is 7.87. The van der Waals surface area contributed by atoms with Crippen LogP contribution in [0.4, 0.5) is 0 Å². The third kappa shape index (κ3) is 6.18. The average Bonchev–Trinajstić information content (AvgIpc) is 3.27. The van der Waals surface area contributed by atoms with Crippen LogP contribution >= 0.6 is 0 Å². The van der Waals surface area contributed by atoms with Crippen molar-refractivity contribution in [1.82, 2.24) is 10.0 Å². The van der Waals surface area contributed by atoms with Gasteiger partial charge in [0, 0.05) is 17.3 Å². The van der Waals surface area contributed by atoms with E-state index in [0.29, 0.717) is 42.4 Å². The molecule has 0 aliphatic rings. The molecule has 1 heterocycles. The van der Waals surface area contributed by atoms with Gasteiger partial charge in [-0.2, -0.15) is 4.72 Å². The first-order valence-corrected chi connectivity index (χ1v) is 13.8. The molecule has 0 radical (unpaired) electrons. The maximum Gasteiger partial charge on any atom is 0.321 e. The second-order valence-electron chi connectivity index (χ2n) is 8.93. The highest BCUT2D eigenvalue weighted by molar-refractivity contribution is 7.89. The number of hydrogen-bond donors (Lipinski definition) is 3. The van der Waals surface area contributed by atoms with Crippen molar-refractivity contribution in [2.75, 3.05) is 6.54 Å². The molecule has 0 saturated heterocycles. The molecule has 4 aromatic rings. The number of furan rings is 1. The molecule has 1 aromatic heterocycles. The zero-order valence-corrected chi connectivity index (χ0v) is 21.3. The lowest BCUT2D eigenvalue weighted by molar-refractivity contribution is -0.139. The van der Waals surface area contributed by atoms with Crippen LogP contribution in [0.15, 0.2) is 82.1 Å². The smallest absolute Gasteiger partial charge is 0.321 e. The fraction of sp³-hybridized carbons (Fsp3) is 0.286. The van der Waals surface area contributed by atoms with Crippen molar-refractivity contribution in [1.29, 1.82) is 0 Å². The van der Waals surface area contributed by atoms with Crippen LogP contribution in [0.2, 0.25) is 0 Å². The summed E-state index contributed by atoms with van der Waals surface area (Å²) in [6.07, 6.45) is 1.71. The molecule has 0 aliphatic heterocycles. The fourth-order valence-corrected chi connectivity index (χ4v) is 5.68. The molecule has 0 saturated carbocycles. The first kappa shape index (κ1) is 26.4. The summed E-state index contributed by atoms with van der Waals surface area (Å²) in [7, 11) is -4.09. The van der Waals surface area contributed by atoms with E-state index in [1.807, 2.05) is 55.5 Å². The average molecular weight is 523 g/mol. The van der Waals surface area contributed by atoms with Gasteiger partial charge in [0.15, 0.2) is 0 Å². The Morgan fingerprint density at radius 3 is 2.35 bits per heavy atom. The van der Waals surface area contributed by atoms with E-state index in [9.17, 15) is 23.1 Å². The van der Waals surface area contributed by atoms with E-state index in [2.05, 4.69) is 10.0 Å². The highest BCUT2D eigenvalue weighted by atomic mass is 32.2.